The van der Waals surface area contributed by atoms with E-state index in [0.717, 1.165) is 0 Å². The summed E-state index contributed by atoms with van der Waals surface area (Å²) in [7, 11) is 0. The van der Waals surface area contributed by atoms with Crippen molar-refractivity contribution in [3.63, 3.8) is 0 Å². The number of furan rings is 1. The molecule has 1 aromatic carbocycles. The zero-order valence-electron chi connectivity index (χ0n) is 13.1. The van der Waals surface area contributed by atoms with Crippen LogP contribution in [0.2, 0.25) is 0 Å². The number of hydrogen-bond acceptors (Lipinski definition) is 5. The SMILES string of the molecule is CC(C)NC(=O)COC(=O)c1ccc(COc2ccccc2)o1. The number of nitrogens with one attached hydrogen (secondary N) is 1. The van der Waals surface area contributed by atoms with Gasteiger partial charge in [-0.05, 0) is 38.1 Å². The molecule has 122 valence electrons. The molecule has 1 N–H and O–H groups in total. The van der Waals surface area contributed by atoms with Crippen LogP contribution in [0.5, 0.6) is 5.75 Å². The molecule has 1 aromatic heterocycles. The van der Waals surface area contributed by atoms with Gasteiger partial charge in [0.05, 0.1) is 0 Å². The van der Waals surface area contributed by atoms with Gasteiger partial charge in [-0.15, -0.1) is 0 Å². The van der Waals surface area contributed by atoms with Crippen LogP contribution in [0, 0.1) is 0 Å². The number of benzene rings is 1. The summed E-state index contributed by atoms with van der Waals surface area (Å²) in [6.07, 6.45) is 0. The molecule has 0 aliphatic carbocycles. The van der Waals surface area contributed by atoms with Gasteiger partial charge in [0, 0.05) is 6.04 Å². The third-order valence-corrected chi connectivity index (χ3v) is 2.77. The summed E-state index contributed by atoms with van der Waals surface area (Å²) in [4.78, 5) is 23.2. The van der Waals surface area contributed by atoms with E-state index in [-0.39, 0.29) is 30.9 Å². The van der Waals surface area contributed by atoms with Gasteiger partial charge in [0.15, 0.2) is 6.61 Å². The lowest BCUT2D eigenvalue weighted by Crippen LogP contribution is -2.33. The minimum atomic E-state index is -0.685. The number of para-hydroxylation sites is 1. The average molecular weight is 317 g/mol. The van der Waals surface area contributed by atoms with E-state index in [1.807, 2.05) is 44.2 Å². The molecule has 0 spiro atoms. The average Bonchev–Trinajstić information content (AvgIpc) is 3.00. The van der Waals surface area contributed by atoms with Crippen molar-refractivity contribution in [1.29, 1.82) is 0 Å². The molecule has 0 bridgehead atoms. The predicted octanol–water partition coefficient (Wildman–Crippen LogP) is 2.54. The largest absolute Gasteiger partial charge is 0.486 e. The third-order valence-electron chi connectivity index (χ3n) is 2.77. The fraction of sp³-hybridized carbons (Fsp3) is 0.294. The number of esters is 1. The quantitative estimate of drug-likeness (QED) is 0.794. The van der Waals surface area contributed by atoms with E-state index in [9.17, 15) is 9.59 Å². The maximum absolute atomic E-state index is 11.8. The summed E-state index contributed by atoms with van der Waals surface area (Å²) in [6.45, 7) is 3.51. The molecule has 2 rings (SSSR count). The number of carbonyl (C=O) groups excluding carboxylic acids is 2. The highest BCUT2D eigenvalue weighted by atomic mass is 16.6. The highest BCUT2D eigenvalue weighted by Gasteiger charge is 2.15. The number of amides is 1. The van der Waals surface area contributed by atoms with Gasteiger partial charge >= 0.3 is 5.97 Å². The van der Waals surface area contributed by atoms with Crippen molar-refractivity contribution in [2.75, 3.05) is 6.61 Å². The second-order valence-electron chi connectivity index (χ2n) is 5.17. The van der Waals surface area contributed by atoms with Gasteiger partial charge in [0.1, 0.15) is 18.1 Å². The zero-order valence-corrected chi connectivity index (χ0v) is 13.1. The van der Waals surface area contributed by atoms with Crippen LogP contribution in [-0.4, -0.2) is 24.5 Å². The Bertz CT molecular complexity index is 648. The van der Waals surface area contributed by atoms with E-state index in [0.29, 0.717) is 11.5 Å². The minimum absolute atomic E-state index is 0.00782. The number of carbonyl (C=O) groups is 2. The van der Waals surface area contributed by atoms with Crippen LogP contribution in [0.1, 0.15) is 30.2 Å². The van der Waals surface area contributed by atoms with Gasteiger partial charge in [-0.3, -0.25) is 4.79 Å². The lowest BCUT2D eigenvalue weighted by Gasteiger charge is -2.08. The maximum atomic E-state index is 11.8. The third kappa shape index (κ3) is 5.50. The van der Waals surface area contributed by atoms with Crippen molar-refractivity contribution in [1.82, 2.24) is 5.32 Å². The molecule has 0 aliphatic rings. The van der Waals surface area contributed by atoms with E-state index in [4.69, 9.17) is 13.9 Å². The molecule has 0 saturated heterocycles. The number of rotatable bonds is 7. The Morgan fingerprint density at radius 1 is 1.13 bits per heavy atom. The highest BCUT2D eigenvalue weighted by Crippen LogP contribution is 2.14. The molecule has 2 aromatic rings. The predicted molar refractivity (Wildman–Crippen MR) is 83.0 cm³/mol. The molecule has 0 aliphatic heterocycles. The maximum Gasteiger partial charge on any atom is 0.374 e. The van der Waals surface area contributed by atoms with E-state index >= 15 is 0 Å². The van der Waals surface area contributed by atoms with E-state index < -0.39 is 5.97 Å². The summed E-state index contributed by atoms with van der Waals surface area (Å²) in [5, 5.41) is 2.63. The van der Waals surface area contributed by atoms with Crippen molar-refractivity contribution < 1.29 is 23.5 Å². The summed E-state index contributed by atoms with van der Waals surface area (Å²) < 4.78 is 15.7. The van der Waals surface area contributed by atoms with Crippen LogP contribution in [-0.2, 0) is 16.1 Å². The topological polar surface area (TPSA) is 77.8 Å². The molecular formula is C17H19NO5. The molecule has 23 heavy (non-hydrogen) atoms. The van der Waals surface area contributed by atoms with Crippen molar-refractivity contribution in [3.8, 4) is 5.75 Å². The summed E-state index contributed by atoms with van der Waals surface area (Å²) >= 11 is 0. The first-order chi connectivity index (χ1) is 11.0. The first-order valence-electron chi connectivity index (χ1n) is 7.27. The molecular weight excluding hydrogens is 298 g/mol. The normalized spacial score (nSPS) is 10.4. The van der Waals surface area contributed by atoms with Crippen molar-refractivity contribution in [3.05, 3.63) is 54.0 Å². The molecule has 0 unspecified atom stereocenters. The van der Waals surface area contributed by atoms with Gasteiger partial charge in [0.25, 0.3) is 5.91 Å². The fourth-order valence-electron chi connectivity index (χ4n) is 1.80. The van der Waals surface area contributed by atoms with Crippen LogP contribution >= 0.6 is 0 Å². The van der Waals surface area contributed by atoms with Crippen LogP contribution < -0.4 is 10.1 Å². The second-order valence-corrected chi connectivity index (χ2v) is 5.17. The Kier molecular flexibility index (Phi) is 5.80. The zero-order chi connectivity index (χ0) is 16.7. The van der Waals surface area contributed by atoms with E-state index in [1.165, 1.54) is 6.07 Å². The molecule has 0 saturated carbocycles. The van der Waals surface area contributed by atoms with E-state index in [1.54, 1.807) is 6.07 Å². The van der Waals surface area contributed by atoms with Crippen LogP contribution in [0.25, 0.3) is 0 Å². The Labute approximate surface area is 134 Å². The van der Waals surface area contributed by atoms with Gasteiger partial charge < -0.3 is 19.2 Å². The van der Waals surface area contributed by atoms with Crippen LogP contribution in [0.15, 0.2) is 46.9 Å². The first kappa shape index (κ1) is 16.6. The van der Waals surface area contributed by atoms with Crippen LogP contribution in [0.4, 0.5) is 0 Å². The van der Waals surface area contributed by atoms with Gasteiger partial charge in [-0.2, -0.15) is 0 Å². The summed E-state index contributed by atoms with van der Waals surface area (Å²) in [5.41, 5.74) is 0. The lowest BCUT2D eigenvalue weighted by atomic mass is 10.3. The highest BCUT2D eigenvalue weighted by molar-refractivity contribution is 5.88. The van der Waals surface area contributed by atoms with Gasteiger partial charge in [-0.1, -0.05) is 18.2 Å². The van der Waals surface area contributed by atoms with Crippen LogP contribution in [0.3, 0.4) is 0 Å². The second kappa shape index (κ2) is 8.03. The molecule has 0 fully saturated rings. The van der Waals surface area contributed by atoms with Crippen molar-refractivity contribution in [2.45, 2.75) is 26.5 Å². The Balaban J connectivity index is 1.81. The van der Waals surface area contributed by atoms with Gasteiger partial charge in [0.2, 0.25) is 5.76 Å². The molecule has 0 radical (unpaired) electrons. The van der Waals surface area contributed by atoms with Crippen molar-refractivity contribution >= 4 is 11.9 Å². The molecule has 1 heterocycles. The smallest absolute Gasteiger partial charge is 0.374 e. The standard InChI is InChI=1S/C17H19NO5/c1-12(2)18-16(19)11-22-17(20)15-9-8-14(23-15)10-21-13-6-4-3-5-7-13/h3-9,12H,10-11H2,1-2H3,(H,18,19). The Hall–Kier alpha value is -2.76. The van der Waals surface area contributed by atoms with Gasteiger partial charge in [-0.25, -0.2) is 4.79 Å². The fourth-order valence-corrected chi connectivity index (χ4v) is 1.80. The number of hydrogen-bond donors (Lipinski definition) is 1. The molecule has 6 heteroatoms. The summed E-state index contributed by atoms with van der Waals surface area (Å²) in [5.74, 6) is 0.197. The van der Waals surface area contributed by atoms with Crippen molar-refractivity contribution in [2.24, 2.45) is 0 Å². The molecule has 6 nitrogen and oxygen atoms in total. The first-order valence-corrected chi connectivity index (χ1v) is 7.27. The number of ether oxygens (including phenoxy) is 2. The monoisotopic (exact) mass is 317 g/mol. The lowest BCUT2D eigenvalue weighted by molar-refractivity contribution is -0.124. The summed E-state index contributed by atoms with van der Waals surface area (Å²) in [6, 6.07) is 12.4. The Morgan fingerprint density at radius 3 is 2.57 bits per heavy atom. The van der Waals surface area contributed by atoms with E-state index in [2.05, 4.69) is 5.32 Å². The molecule has 1 amide bonds. The molecule has 0 atom stereocenters. The Morgan fingerprint density at radius 2 is 1.87 bits per heavy atom. The minimum Gasteiger partial charge on any atom is -0.486 e.